The van der Waals surface area contributed by atoms with Gasteiger partial charge in [0.2, 0.25) is 5.89 Å². The van der Waals surface area contributed by atoms with Crippen LogP contribution >= 0.6 is 11.8 Å². The normalized spacial score (nSPS) is 11.1. The molecule has 0 unspecified atom stereocenters. The topological polar surface area (TPSA) is 63.9 Å². The molecule has 4 rings (SSSR count). The van der Waals surface area contributed by atoms with Gasteiger partial charge in [0.25, 0.3) is 0 Å². The Morgan fingerprint density at radius 1 is 1.12 bits per heavy atom. The molecular formula is C19H17N3O2S. The van der Waals surface area contributed by atoms with E-state index in [0.717, 1.165) is 39.0 Å². The van der Waals surface area contributed by atoms with Crippen LogP contribution in [0.15, 0.2) is 58.1 Å². The fourth-order valence-corrected chi connectivity index (χ4v) is 3.45. The molecule has 0 radical (unpaired) electrons. The van der Waals surface area contributed by atoms with Gasteiger partial charge in [0, 0.05) is 17.4 Å². The van der Waals surface area contributed by atoms with Crippen LogP contribution in [0.2, 0.25) is 0 Å². The fourth-order valence-electron chi connectivity index (χ4n) is 2.56. The number of fused-ring (bicyclic) bond motifs is 1. The molecule has 0 atom stereocenters. The predicted molar refractivity (Wildman–Crippen MR) is 98.9 cm³/mol. The largest absolute Gasteiger partial charge is 0.497 e. The molecule has 0 aliphatic carbocycles. The monoisotopic (exact) mass is 351 g/mol. The van der Waals surface area contributed by atoms with Crippen molar-refractivity contribution in [3.8, 4) is 17.2 Å². The van der Waals surface area contributed by atoms with Crippen molar-refractivity contribution in [2.45, 2.75) is 17.8 Å². The van der Waals surface area contributed by atoms with E-state index in [9.17, 15) is 0 Å². The number of rotatable bonds is 5. The van der Waals surface area contributed by atoms with Crippen molar-refractivity contribution in [3.63, 3.8) is 0 Å². The van der Waals surface area contributed by atoms with E-state index in [1.807, 2.05) is 55.5 Å². The number of aromatic nitrogens is 3. The number of thioether (sulfide) groups is 1. The van der Waals surface area contributed by atoms with Crippen molar-refractivity contribution in [2.24, 2.45) is 0 Å². The van der Waals surface area contributed by atoms with Crippen molar-refractivity contribution in [1.82, 2.24) is 15.0 Å². The van der Waals surface area contributed by atoms with E-state index in [1.165, 1.54) is 0 Å². The zero-order valence-electron chi connectivity index (χ0n) is 13.9. The predicted octanol–water partition coefficient (Wildman–Crippen LogP) is 4.83. The highest BCUT2D eigenvalue weighted by Crippen LogP contribution is 2.28. The third kappa shape index (κ3) is 3.25. The van der Waals surface area contributed by atoms with E-state index in [-0.39, 0.29) is 0 Å². The van der Waals surface area contributed by atoms with Crippen LogP contribution in [-0.2, 0) is 5.75 Å². The molecule has 25 heavy (non-hydrogen) atoms. The number of ether oxygens (including phenoxy) is 1. The number of hydrogen-bond donors (Lipinski definition) is 1. The number of oxazole rings is 1. The van der Waals surface area contributed by atoms with Crippen molar-refractivity contribution in [2.75, 3.05) is 7.11 Å². The summed E-state index contributed by atoms with van der Waals surface area (Å²) in [6.45, 7) is 1.94. The molecule has 1 N–H and O–H groups in total. The van der Waals surface area contributed by atoms with Gasteiger partial charge in [0.05, 0.1) is 23.8 Å². The molecule has 2 aromatic carbocycles. The fraction of sp³-hybridized carbons (Fsp3) is 0.158. The second kappa shape index (κ2) is 6.64. The molecule has 0 saturated heterocycles. The quantitative estimate of drug-likeness (QED) is 0.522. The second-order valence-electron chi connectivity index (χ2n) is 5.60. The summed E-state index contributed by atoms with van der Waals surface area (Å²) in [7, 11) is 1.66. The third-order valence-electron chi connectivity index (χ3n) is 3.93. The Balaban J connectivity index is 1.52. The number of imidazole rings is 1. The SMILES string of the molecule is COc1ccc2nc(SCc3nc(-c4ccccc4)oc3C)[nH]c2c1. The average Bonchev–Trinajstić information content (AvgIpc) is 3.22. The molecule has 5 nitrogen and oxygen atoms in total. The lowest BCUT2D eigenvalue weighted by molar-refractivity contribution is 0.415. The van der Waals surface area contributed by atoms with Crippen LogP contribution in [0.4, 0.5) is 0 Å². The Morgan fingerprint density at radius 3 is 2.76 bits per heavy atom. The summed E-state index contributed by atoms with van der Waals surface area (Å²) < 4.78 is 11.1. The highest BCUT2D eigenvalue weighted by Gasteiger charge is 2.13. The van der Waals surface area contributed by atoms with Crippen LogP contribution in [0.25, 0.3) is 22.5 Å². The molecule has 0 amide bonds. The van der Waals surface area contributed by atoms with E-state index in [4.69, 9.17) is 9.15 Å². The zero-order chi connectivity index (χ0) is 17.2. The maximum absolute atomic E-state index is 5.81. The summed E-state index contributed by atoms with van der Waals surface area (Å²) in [5.41, 5.74) is 3.80. The van der Waals surface area contributed by atoms with Gasteiger partial charge in [-0.2, -0.15) is 0 Å². The first-order valence-corrected chi connectivity index (χ1v) is 8.90. The number of hydrogen-bond acceptors (Lipinski definition) is 5. The van der Waals surface area contributed by atoms with Gasteiger partial charge in [0.1, 0.15) is 11.5 Å². The Labute approximate surface area is 149 Å². The maximum Gasteiger partial charge on any atom is 0.226 e. The van der Waals surface area contributed by atoms with Crippen LogP contribution in [0, 0.1) is 6.92 Å². The summed E-state index contributed by atoms with van der Waals surface area (Å²) in [6, 6.07) is 15.7. The summed E-state index contributed by atoms with van der Waals surface area (Å²) in [6.07, 6.45) is 0. The first kappa shape index (κ1) is 15.8. The van der Waals surface area contributed by atoms with Crippen LogP contribution in [0.5, 0.6) is 5.75 Å². The number of aryl methyl sites for hydroxylation is 1. The number of nitrogens with one attached hydrogen (secondary N) is 1. The van der Waals surface area contributed by atoms with Gasteiger partial charge in [-0.3, -0.25) is 0 Å². The van der Waals surface area contributed by atoms with Gasteiger partial charge in [-0.05, 0) is 31.2 Å². The van der Waals surface area contributed by atoms with E-state index in [1.54, 1.807) is 18.9 Å². The molecule has 6 heteroatoms. The molecular weight excluding hydrogens is 334 g/mol. The van der Waals surface area contributed by atoms with E-state index in [0.29, 0.717) is 11.6 Å². The number of H-pyrrole nitrogens is 1. The molecule has 0 spiro atoms. The van der Waals surface area contributed by atoms with Gasteiger partial charge in [0.15, 0.2) is 5.16 Å². The smallest absolute Gasteiger partial charge is 0.226 e. The van der Waals surface area contributed by atoms with Crippen LogP contribution in [0.1, 0.15) is 11.5 Å². The minimum Gasteiger partial charge on any atom is -0.497 e. The molecule has 4 aromatic rings. The molecule has 0 bridgehead atoms. The Morgan fingerprint density at radius 2 is 1.96 bits per heavy atom. The number of benzene rings is 2. The lowest BCUT2D eigenvalue weighted by Gasteiger charge is -1.96. The van der Waals surface area contributed by atoms with Crippen molar-refractivity contribution in [3.05, 3.63) is 60.0 Å². The van der Waals surface area contributed by atoms with Gasteiger partial charge in [-0.1, -0.05) is 30.0 Å². The molecule has 2 heterocycles. The Bertz CT molecular complexity index is 1010. The minimum absolute atomic E-state index is 0.656. The summed E-state index contributed by atoms with van der Waals surface area (Å²) in [4.78, 5) is 12.5. The highest BCUT2D eigenvalue weighted by atomic mass is 32.2. The first-order chi connectivity index (χ1) is 12.2. The van der Waals surface area contributed by atoms with Crippen LogP contribution < -0.4 is 4.74 Å². The standard InChI is InChI=1S/C19H17N3O2S/c1-12-17(20-18(24-12)13-6-4-3-5-7-13)11-25-19-21-15-9-8-14(23-2)10-16(15)22-19/h3-10H,11H2,1-2H3,(H,21,22). The van der Waals surface area contributed by atoms with Gasteiger partial charge >= 0.3 is 0 Å². The van der Waals surface area contributed by atoms with Crippen molar-refractivity contribution in [1.29, 1.82) is 0 Å². The summed E-state index contributed by atoms with van der Waals surface area (Å²) >= 11 is 1.61. The van der Waals surface area contributed by atoms with E-state index in [2.05, 4.69) is 15.0 Å². The van der Waals surface area contributed by atoms with Crippen molar-refractivity contribution >= 4 is 22.8 Å². The van der Waals surface area contributed by atoms with Gasteiger partial charge in [-0.15, -0.1) is 0 Å². The molecule has 2 aromatic heterocycles. The molecule has 0 fully saturated rings. The number of aromatic amines is 1. The number of nitrogens with zero attached hydrogens (tertiary/aromatic N) is 2. The van der Waals surface area contributed by atoms with Gasteiger partial charge < -0.3 is 14.1 Å². The lowest BCUT2D eigenvalue weighted by Crippen LogP contribution is -1.85. The lowest BCUT2D eigenvalue weighted by atomic mass is 10.2. The molecule has 0 aliphatic heterocycles. The molecule has 0 saturated carbocycles. The van der Waals surface area contributed by atoms with Crippen LogP contribution in [0.3, 0.4) is 0 Å². The Kier molecular flexibility index (Phi) is 4.19. The van der Waals surface area contributed by atoms with Gasteiger partial charge in [-0.25, -0.2) is 9.97 Å². The first-order valence-electron chi connectivity index (χ1n) is 7.91. The van der Waals surface area contributed by atoms with E-state index < -0.39 is 0 Å². The summed E-state index contributed by atoms with van der Waals surface area (Å²) in [5.74, 6) is 3.00. The Hall–Kier alpha value is -2.73. The molecule has 126 valence electrons. The third-order valence-corrected chi connectivity index (χ3v) is 4.81. The highest BCUT2D eigenvalue weighted by molar-refractivity contribution is 7.98. The van der Waals surface area contributed by atoms with E-state index >= 15 is 0 Å². The number of methoxy groups -OCH3 is 1. The average molecular weight is 351 g/mol. The van der Waals surface area contributed by atoms with Crippen molar-refractivity contribution < 1.29 is 9.15 Å². The zero-order valence-corrected chi connectivity index (χ0v) is 14.8. The molecule has 0 aliphatic rings. The second-order valence-corrected chi connectivity index (χ2v) is 6.57. The van der Waals surface area contributed by atoms with Crippen LogP contribution in [-0.4, -0.2) is 22.1 Å². The minimum atomic E-state index is 0.656. The summed E-state index contributed by atoms with van der Waals surface area (Å²) in [5, 5.41) is 0.854. The maximum atomic E-state index is 5.81.